The van der Waals surface area contributed by atoms with Gasteiger partial charge in [-0.3, -0.25) is 9.67 Å². The second kappa shape index (κ2) is 13.5. The summed E-state index contributed by atoms with van der Waals surface area (Å²) in [5.74, 6) is 0.880. The Bertz CT molecular complexity index is 2390. The zero-order valence-corrected chi connectivity index (χ0v) is 32.1. The van der Waals surface area contributed by atoms with E-state index in [4.69, 9.17) is 29.2 Å². The zero-order chi connectivity index (χ0) is 37.2. The molecule has 2 aromatic carbocycles. The van der Waals surface area contributed by atoms with Crippen molar-refractivity contribution in [3.8, 4) is 44.5 Å². The standard InChI is InChI=1S/C42H45N5O5S/c1-22-16-30-39-36(35(22)38(41(48)49)52-42(4,5)6)26-12-13-33-29(17-26)25(14-15-50-33)11-9-8-10-23(2)51-34-19-32-31(21-44-47(32)7)45-37(34)28-18-27(20-43-24(28)3)40(46-30)53-39/h12-13,16-21,23,25,38H,8-11,14-15H2,1-7H3,(H,48,49)/t23-,25?,38-/m0/s1. The van der Waals surface area contributed by atoms with E-state index in [9.17, 15) is 9.90 Å². The van der Waals surface area contributed by atoms with Gasteiger partial charge >= 0.3 is 5.97 Å². The third kappa shape index (κ3) is 6.65. The zero-order valence-electron chi connectivity index (χ0n) is 31.3. The molecular formula is C42H45N5O5S. The molecule has 10 nitrogen and oxygen atoms in total. The average molecular weight is 732 g/mol. The van der Waals surface area contributed by atoms with Crippen LogP contribution in [0.25, 0.3) is 54.2 Å². The third-order valence-corrected chi connectivity index (χ3v) is 11.5. The number of benzene rings is 2. The van der Waals surface area contributed by atoms with Crippen LogP contribution < -0.4 is 9.47 Å². The monoisotopic (exact) mass is 731 g/mol. The Morgan fingerprint density at radius 1 is 1.00 bits per heavy atom. The molecule has 53 heavy (non-hydrogen) atoms. The Balaban J connectivity index is 1.39. The fourth-order valence-corrected chi connectivity index (χ4v) is 8.90. The number of thiazole rings is 1. The lowest BCUT2D eigenvalue weighted by Gasteiger charge is -2.29. The van der Waals surface area contributed by atoms with E-state index >= 15 is 0 Å². The van der Waals surface area contributed by atoms with Crippen molar-refractivity contribution >= 4 is 38.6 Å². The molecule has 0 aliphatic carbocycles. The molecule has 274 valence electrons. The first-order valence-corrected chi connectivity index (χ1v) is 19.2. The van der Waals surface area contributed by atoms with Crippen LogP contribution >= 0.6 is 11.3 Å². The van der Waals surface area contributed by atoms with Gasteiger partial charge in [-0.05, 0) is 114 Å². The minimum absolute atomic E-state index is 0.0334. The van der Waals surface area contributed by atoms with Gasteiger partial charge < -0.3 is 19.3 Å². The van der Waals surface area contributed by atoms with Crippen molar-refractivity contribution in [2.24, 2.45) is 7.05 Å². The molecule has 11 heteroatoms. The van der Waals surface area contributed by atoms with Crippen LogP contribution in [0.3, 0.4) is 0 Å². The summed E-state index contributed by atoms with van der Waals surface area (Å²) < 4.78 is 21.9. The summed E-state index contributed by atoms with van der Waals surface area (Å²) in [7, 11) is 1.91. The van der Waals surface area contributed by atoms with Gasteiger partial charge in [-0.25, -0.2) is 14.8 Å². The van der Waals surface area contributed by atoms with Gasteiger partial charge in [0, 0.05) is 47.3 Å². The minimum Gasteiger partial charge on any atom is -0.493 e. The van der Waals surface area contributed by atoms with Gasteiger partial charge in [0.2, 0.25) is 0 Å². The molecule has 0 spiro atoms. The number of ether oxygens (including phenoxy) is 3. The van der Waals surface area contributed by atoms with Crippen molar-refractivity contribution in [3.63, 3.8) is 0 Å². The summed E-state index contributed by atoms with van der Waals surface area (Å²) in [5, 5.41) is 15.9. The molecule has 1 N–H and O–H groups in total. The van der Waals surface area contributed by atoms with Gasteiger partial charge in [0.15, 0.2) is 6.10 Å². The third-order valence-electron chi connectivity index (χ3n) is 10.4. The lowest BCUT2D eigenvalue weighted by Crippen LogP contribution is -2.28. The number of fused-ring (bicyclic) bond motifs is 9. The lowest BCUT2D eigenvalue weighted by atomic mass is 9.85. The summed E-state index contributed by atoms with van der Waals surface area (Å²) in [6.07, 6.45) is 7.29. The Morgan fingerprint density at radius 2 is 1.81 bits per heavy atom. The normalized spacial score (nSPS) is 18.1. The van der Waals surface area contributed by atoms with Crippen LogP contribution in [0.2, 0.25) is 0 Å². The maximum atomic E-state index is 13.1. The van der Waals surface area contributed by atoms with Crippen LogP contribution in [-0.2, 0) is 16.6 Å². The van der Waals surface area contributed by atoms with Gasteiger partial charge in [-0.1, -0.05) is 12.5 Å². The van der Waals surface area contributed by atoms with Crippen molar-refractivity contribution in [3.05, 3.63) is 71.2 Å². The number of hydrogen-bond donors (Lipinski definition) is 1. The first kappa shape index (κ1) is 35.2. The van der Waals surface area contributed by atoms with E-state index in [1.54, 1.807) is 6.20 Å². The van der Waals surface area contributed by atoms with Crippen LogP contribution in [0.4, 0.5) is 0 Å². The molecule has 8 rings (SSSR count). The molecule has 0 radical (unpaired) electrons. The van der Waals surface area contributed by atoms with Crippen molar-refractivity contribution in [1.82, 2.24) is 24.7 Å². The highest BCUT2D eigenvalue weighted by atomic mass is 32.1. The number of carboxylic acids is 1. The highest BCUT2D eigenvalue weighted by molar-refractivity contribution is 7.22. The minimum atomic E-state index is -1.19. The SMILES string of the molecule is Cc1cc2nc3sc2c(c1[C@H](OC(C)(C)C)C(=O)O)-c1ccc2c(c1)C(CCCC[C@H](C)Oc1cc4c(cnn4C)nc1-c1cc-3cnc1C)CCO2. The lowest BCUT2D eigenvalue weighted by molar-refractivity contribution is -0.160. The van der Waals surface area contributed by atoms with Gasteiger partial charge in [0.05, 0.1) is 40.2 Å². The number of aliphatic carboxylic acids is 1. The van der Waals surface area contributed by atoms with Crippen molar-refractivity contribution in [1.29, 1.82) is 0 Å². The molecule has 6 heterocycles. The van der Waals surface area contributed by atoms with E-state index in [1.807, 2.05) is 64.7 Å². The smallest absolute Gasteiger partial charge is 0.337 e. The number of aromatic nitrogens is 5. The first-order valence-electron chi connectivity index (χ1n) is 18.4. The molecular weight excluding hydrogens is 687 g/mol. The van der Waals surface area contributed by atoms with E-state index in [1.165, 1.54) is 11.3 Å². The van der Waals surface area contributed by atoms with Gasteiger partial charge in [-0.2, -0.15) is 5.10 Å². The summed E-state index contributed by atoms with van der Waals surface area (Å²) in [6, 6.07) is 12.4. The van der Waals surface area contributed by atoms with E-state index in [-0.39, 0.29) is 6.10 Å². The molecule has 0 saturated heterocycles. The molecule has 1 unspecified atom stereocenters. The quantitative estimate of drug-likeness (QED) is 0.190. The summed E-state index contributed by atoms with van der Waals surface area (Å²) in [5.41, 5.74) is 9.38. The van der Waals surface area contributed by atoms with E-state index < -0.39 is 17.7 Å². The number of carbonyl (C=O) groups is 1. The molecule has 2 aliphatic heterocycles. The molecule has 0 amide bonds. The predicted molar refractivity (Wildman–Crippen MR) is 208 cm³/mol. The highest BCUT2D eigenvalue weighted by Crippen LogP contribution is 2.47. The van der Waals surface area contributed by atoms with Crippen LogP contribution in [0, 0.1) is 13.8 Å². The second-order valence-electron chi connectivity index (χ2n) is 15.5. The van der Waals surface area contributed by atoms with E-state index in [2.05, 4.69) is 36.3 Å². The van der Waals surface area contributed by atoms with Crippen LogP contribution in [0.5, 0.6) is 11.5 Å². The molecule has 0 saturated carbocycles. The maximum Gasteiger partial charge on any atom is 0.337 e. The largest absolute Gasteiger partial charge is 0.493 e. The van der Waals surface area contributed by atoms with E-state index in [0.29, 0.717) is 23.8 Å². The second-order valence-corrected chi connectivity index (χ2v) is 16.5. The average Bonchev–Trinajstić information content (AvgIpc) is 3.70. The molecule has 0 fully saturated rings. The highest BCUT2D eigenvalue weighted by Gasteiger charge is 2.33. The van der Waals surface area contributed by atoms with Gasteiger partial charge in [0.1, 0.15) is 27.7 Å². The number of pyridine rings is 2. The van der Waals surface area contributed by atoms with Crippen molar-refractivity contribution in [2.45, 2.75) is 97.4 Å². The fourth-order valence-electron chi connectivity index (χ4n) is 7.79. The van der Waals surface area contributed by atoms with Crippen LogP contribution in [0.15, 0.2) is 48.8 Å². The first-order chi connectivity index (χ1) is 25.3. The molecule has 6 aromatic rings. The van der Waals surface area contributed by atoms with Crippen molar-refractivity contribution in [2.75, 3.05) is 6.61 Å². The van der Waals surface area contributed by atoms with E-state index in [0.717, 1.165) is 109 Å². The Hall–Kier alpha value is -4.87. The number of rotatable bonds is 3. The number of carboxylic acid groups (broad SMARTS) is 1. The van der Waals surface area contributed by atoms with Gasteiger partial charge in [0.25, 0.3) is 0 Å². The maximum absolute atomic E-state index is 13.1. The fraction of sp³-hybridized carbons (Fsp3) is 0.405. The summed E-state index contributed by atoms with van der Waals surface area (Å²) >= 11 is 1.53. The molecule has 3 atom stereocenters. The summed E-state index contributed by atoms with van der Waals surface area (Å²) in [4.78, 5) is 28.2. The number of nitrogens with zero attached hydrogens (tertiary/aromatic N) is 5. The molecule has 6 bridgehead atoms. The number of hydrogen-bond acceptors (Lipinski definition) is 9. The Kier molecular flexibility index (Phi) is 8.97. The predicted octanol–water partition coefficient (Wildman–Crippen LogP) is 9.74. The van der Waals surface area contributed by atoms with Crippen LogP contribution in [0.1, 0.15) is 94.2 Å². The molecule has 2 aliphatic rings. The Labute approximate surface area is 313 Å². The topological polar surface area (TPSA) is 121 Å². The van der Waals surface area contributed by atoms with Crippen molar-refractivity contribution < 1.29 is 24.1 Å². The number of aryl methyl sites for hydroxylation is 3. The van der Waals surface area contributed by atoms with Gasteiger partial charge in [-0.15, -0.1) is 11.3 Å². The summed E-state index contributed by atoms with van der Waals surface area (Å²) in [6.45, 7) is 12.4. The molecule has 4 aromatic heterocycles. The van der Waals surface area contributed by atoms with Crippen LogP contribution in [-0.4, -0.2) is 54.1 Å². The Morgan fingerprint density at radius 3 is 2.60 bits per heavy atom.